The van der Waals surface area contributed by atoms with Gasteiger partial charge in [0, 0.05) is 32.6 Å². The van der Waals surface area contributed by atoms with E-state index in [9.17, 15) is 24.0 Å². The van der Waals surface area contributed by atoms with E-state index in [1.54, 1.807) is 33.8 Å². The highest BCUT2D eigenvalue weighted by molar-refractivity contribution is 5.96. The number of hydrogen-bond donors (Lipinski definition) is 0. The topological polar surface area (TPSA) is 135 Å². The summed E-state index contributed by atoms with van der Waals surface area (Å²) in [6, 6.07) is 0. The fourth-order valence-corrected chi connectivity index (χ4v) is 7.47. The molecule has 4 rings (SSSR count). The third-order valence-corrected chi connectivity index (χ3v) is 9.29. The average Bonchev–Trinajstić information content (AvgIpc) is 3.61. The Hall–Kier alpha value is -2.75. The van der Waals surface area contributed by atoms with Gasteiger partial charge in [0.15, 0.2) is 23.1 Å². The van der Waals surface area contributed by atoms with Gasteiger partial charge in [-0.3, -0.25) is 24.0 Å². The molecule has 3 aliphatic carbocycles. The summed E-state index contributed by atoms with van der Waals surface area (Å²) in [6.07, 6.45) is -1.54. The van der Waals surface area contributed by atoms with Crippen LogP contribution in [0.5, 0.6) is 0 Å². The van der Waals surface area contributed by atoms with Crippen LogP contribution in [0.15, 0.2) is 11.6 Å². The van der Waals surface area contributed by atoms with E-state index in [0.717, 1.165) is 0 Å². The van der Waals surface area contributed by atoms with E-state index in [1.807, 2.05) is 20.8 Å². The molecule has 0 radical (unpaired) electrons. The number of epoxide rings is 1. The summed E-state index contributed by atoms with van der Waals surface area (Å²) < 4.78 is 29.8. The Morgan fingerprint density at radius 2 is 1.43 bits per heavy atom. The van der Waals surface area contributed by atoms with Crippen LogP contribution in [0, 0.1) is 35.0 Å². The Labute approximate surface area is 235 Å². The fraction of sp³-hybridized carbons (Fsp3) is 0.767. The molecule has 4 aliphatic rings. The predicted molar refractivity (Wildman–Crippen MR) is 140 cm³/mol. The molecule has 1 heterocycles. The molecule has 0 N–H and O–H groups in total. The van der Waals surface area contributed by atoms with Crippen molar-refractivity contribution in [2.24, 2.45) is 35.0 Å². The summed E-state index contributed by atoms with van der Waals surface area (Å²) in [4.78, 5) is 64.1. The van der Waals surface area contributed by atoms with Crippen molar-refractivity contribution in [3.8, 4) is 0 Å². The Bertz CT molecular complexity index is 1150. The van der Waals surface area contributed by atoms with E-state index in [2.05, 4.69) is 0 Å². The summed E-state index contributed by atoms with van der Waals surface area (Å²) >= 11 is 0. The largest absolute Gasteiger partial charge is 0.461 e. The molecule has 10 nitrogen and oxygen atoms in total. The minimum atomic E-state index is -1.31. The van der Waals surface area contributed by atoms with Gasteiger partial charge in [0.2, 0.25) is 0 Å². The zero-order valence-electron chi connectivity index (χ0n) is 25.1. The van der Waals surface area contributed by atoms with Crippen molar-refractivity contribution in [3.63, 3.8) is 0 Å². The predicted octanol–water partition coefficient (Wildman–Crippen LogP) is 3.33. The van der Waals surface area contributed by atoms with Crippen molar-refractivity contribution < 1.29 is 47.7 Å². The van der Waals surface area contributed by atoms with Gasteiger partial charge < -0.3 is 23.7 Å². The normalized spacial score (nSPS) is 41.3. The van der Waals surface area contributed by atoms with E-state index in [4.69, 9.17) is 23.7 Å². The molecular weight excluding hydrogens is 520 g/mol. The van der Waals surface area contributed by atoms with Gasteiger partial charge in [0.1, 0.15) is 18.3 Å². The second-order valence-electron chi connectivity index (χ2n) is 13.0. The number of ketones is 1. The zero-order chi connectivity index (χ0) is 30.1. The lowest BCUT2D eigenvalue weighted by atomic mass is 9.80. The Morgan fingerprint density at radius 3 is 1.95 bits per heavy atom. The molecular formula is C30H42O10. The summed E-state index contributed by atoms with van der Waals surface area (Å²) in [5.74, 6) is -4.57. The van der Waals surface area contributed by atoms with Crippen molar-refractivity contribution in [1.82, 2.24) is 0 Å². The van der Waals surface area contributed by atoms with Crippen LogP contribution < -0.4 is 0 Å². The van der Waals surface area contributed by atoms with Crippen LogP contribution in [0.4, 0.5) is 0 Å². The van der Waals surface area contributed by atoms with Crippen LogP contribution in [-0.4, -0.2) is 65.3 Å². The number of rotatable bonds is 5. The SMILES string of the molecule is CC(=O)OC1C(C)C(=O)C23CC(C)C(OC(C)=O)C2(C=C(C)C(OC(=O)C(C)C)C(OC(C)=O)C2C1C2(C)C)O3. The molecule has 0 bridgehead atoms. The number of esters is 4. The number of hydrogen-bond acceptors (Lipinski definition) is 10. The smallest absolute Gasteiger partial charge is 0.309 e. The number of Topliss-reactive ketones (excluding diaryl/α,β-unsaturated/α-hetero) is 1. The first-order valence-corrected chi connectivity index (χ1v) is 14.1. The van der Waals surface area contributed by atoms with Crippen molar-refractivity contribution in [1.29, 1.82) is 0 Å². The molecule has 10 heteroatoms. The van der Waals surface area contributed by atoms with E-state index in [0.29, 0.717) is 12.0 Å². The lowest BCUT2D eigenvalue weighted by Gasteiger charge is -2.31. The van der Waals surface area contributed by atoms with E-state index >= 15 is 0 Å². The molecule has 2 saturated carbocycles. The van der Waals surface area contributed by atoms with Gasteiger partial charge in [0.05, 0.1) is 11.8 Å². The van der Waals surface area contributed by atoms with Gasteiger partial charge in [-0.15, -0.1) is 0 Å². The first-order chi connectivity index (χ1) is 18.4. The van der Waals surface area contributed by atoms with Crippen molar-refractivity contribution in [2.45, 2.75) is 111 Å². The molecule has 3 fully saturated rings. The summed E-state index contributed by atoms with van der Waals surface area (Å²) in [7, 11) is 0. The van der Waals surface area contributed by atoms with Crippen molar-refractivity contribution in [2.75, 3.05) is 0 Å². The molecule has 0 aromatic heterocycles. The van der Waals surface area contributed by atoms with Crippen LogP contribution >= 0.6 is 0 Å². The van der Waals surface area contributed by atoms with Gasteiger partial charge in [-0.1, -0.05) is 41.5 Å². The van der Waals surface area contributed by atoms with Crippen molar-refractivity contribution in [3.05, 3.63) is 11.6 Å². The lowest BCUT2D eigenvalue weighted by Crippen LogP contribution is -2.43. The zero-order valence-corrected chi connectivity index (χ0v) is 25.1. The monoisotopic (exact) mass is 562 g/mol. The van der Waals surface area contributed by atoms with Crippen LogP contribution in [0.25, 0.3) is 0 Å². The molecule has 1 saturated heterocycles. The first kappa shape index (κ1) is 30.2. The van der Waals surface area contributed by atoms with Gasteiger partial charge >= 0.3 is 23.9 Å². The van der Waals surface area contributed by atoms with Gasteiger partial charge in [-0.05, 0) is 36.3 Å². The lowest BCUT2D eigenvalue weighted by molar-refractivity contribution is -0.169. The molecule has 10 atom stereocenters. The highest BCUT2D eigenvalue weighted by Crippen LogP contribution is 2.68. The summed E-state index contributed by atoms with van der Waals surface area (Å²) in [6.45, 7) is 16.6. The maximum absolute atomic E-state index is 14.3. The van der Waals surface area contributed by atoms with Crippen LogP contribution in [0.2, 0.25) is 0 Å². The first-order valence-electron chi connectivity index (χ1n) is 14.1. The second kappa shape index (κ2) is 9.96. The standard InChI is InChI=1S/C30H42O10/c1-13(2)27(35)39-22-14(3)11-30-26(38-19(8)33)15(4)12-29(30,40-30)25(34)16(5)23(36-17(6)31)20-21(28(20,9)10)24(22)37-18(7)32/h11,13,15-16,20-24,26H,12H2,1-10H3. The van der Waals surface area contributed by atoms with E-state index in [1.165, 1.54) is 20.8 Å². The van der Waals surface area contributed by atoms with Gasteiger partial charge in [-0.2, -0.15) is 0 Å². The maximum Gasteiger partial charge on any atom is 0.309 e. The molecule has 0 aromatic rings. The third kappa shape index (κ3) is 4.65. The minimum Gasteiger partial charge on any atom is -0.461 e. The molecule has 1 aliphatic heterocycles. The average molecular weight is 563 g/mol. The quantitative estimate of drug-likeness (QED) is 0.212. The molecule has 10 unspecified atom stereocenters. The molecule has 222 valence electrons. The molecule has 0 aromatic carbocycles. The van der Waals surface area contributed by atoms with Gasteiger partial charge in [-0.25, -0.2) is 0 Å². The molecule has 0 spiro atoms. The second-order valence-corrected chi connectivity index (χ2v) is 13.0. The molecule has 40 heavy (non-hydrogen) atoms. The highest BCUT2D eigenvalue weighted by atomic mass is 16.7. The van der Waals surface area contributed by atoms with Crippen molar-refractivity contribution >= 4 is 29.7 Å². The Balaban J connectivity index is 1.95. The number of ether oxygens (including phenoxy) is 5. The van der Waals surface area contributed by atoms with Crippen LogP contribution in [0.1, 0.15) is 75.7 Å². The Morgan fingerprint density at radius 1 is 0.900 bits per heavy atom. The van der Waals surface area contributed by atoms with E-state index in [-0.39, 0.29) is 17.6 Å². The summed E-state index contributed by atoms with van der Waals surface area (Å²) in [5.41, 5.74) is -2.63. The van der Waals surface area contributed by atoms with Crippen LogP contribution in [0.3, 0.4) is 0 Å². The number of carbonyl (C=O) groups excluding carboxylic acids is 5. The minimum absolute atomic E-state index is 0.223. The fourth-order valence-electron chi connectivity index (χ4n) is 7.47. The Kier molecular flexibility index (Phi) is 7.52. The number of fused-ring (bicyclic) bond motifs is 1. The number of carbonyl (C=O) groups is 5. The summed E-state index contributed by atoms with van der Waals surface area (Å²) in [5, 5.41) is 0. The maximum atomic E-state index is 14.3. The molecule has 0 amide bonds. The van der Waals surface area contributed by atoms with E-state index < -0.39 is 82.7 Å². The van der Waals surface area contributed by atoms with Crippen LogP contribution in [-0.2, 0) is 47.7 Å². The van der Waals surface area contributed by atoms with Gasteiger partial charge in [0.25, 0.3) is 0 Å². The third-order valence-electron chi connectivity index (χ3n) is 9.29. The highest BCUT2D eigenvalue weighted by Gasteiger charge is 2.84.